The van der Waals surface area contributed by atoms with Gasteiger partial charge in [-0.3, -0.25) is 9.59 Å². The number of anilines is 1. The highest BCUT2D eigenvalue weighted by Gasteiger charge is 2.18. The summed E-state index contributed by atoms with van der Waals surface area (Å²) >= 11 is 1.42. The van der Waals surface area contributed by atoms with Crippen molar-refractivity contribution < 1.29 is 14.3 Å². The maximum atomic E-state index is 12.2. The Morgan fingerprint density at radius 1 is 1.12 bits per heavy atom. The summed E-state index contributed by atoms with van der Waals surface area (Å²) in [6.45, 7) is 7.70. The van der Waals surface area contributed by atoms with Gasteiger partial charge in [-0.05, 0) is 56.5 Å². The predicted octanol–water partition coefficient (Wildman–Crippen LogP) is 4.53. The number of hydrogen-bond acceptors (Lipinski definition) is 4. The van der Waals surface area contributed by atoms with Gasteiger partial charge >= 0.3 is 5.97 Å². The van der Waals surface area contributed by atoms with Crippen LogP contribution in [0.15, 0.2) is 47.4 Å². The molecule has 1 atom stereocenters. The van der Waals surface area contributed by atoms with E-state index in [1.54, 1.807) is 6.92 Å². The molecule has 5 heteroatoms. The summed E-state index contributed by atoms with van der Waals surface area (Å²) < 4.78 is 5.24. The van der Waals surface area contributed by atoms with Gasteiger partial charge in [-0.25, -0.2) is 0 Å². The largest absolute Gasteiger partial charge is 0.452 e. The molecule has 1 N–H and O–H groups in total. The Bertz CT molecular complexity index is 771. The monoisotopic (exact) mass is 371 g/mol. The van der Waals surface area contributed by atoms with E-state index in [0.29, 0.717) is 5.69 Å². The lowest BCUT2D eigenvalue weighted by Crippen LogP contribution is -2.30. The lowest BCUT2D eigenvalue weighted by Gasteiger charge is -2.14. The first-order valence-corrected chi connectivity index (χ1v) is 9.67. The Morgan fingerprint density at radius 3 is 2.42 bits per heavy atom. The highest BCUT2D eigenvalue weighted by molar-refractivity contribution is 8.00. The fourth-order valence-corrected chi connectivity index (χ4v) is 3.24. The average molecular weight is 372 g/mol. The van der Waals surface area contributed by atoms with E-state index in [1.807, 2.05) is 50.2 Å². The van der Waals surface area contributed by atoms with Crippen LogP contribution in [0, 0.1) is 13.8 Å². The number of aryl methyl sites for hydroxylation is 3. The first kappa shape index (κ1) is 20.0. The molecule has 0 aliphatic carbocycles. The number of ether oxygens (including phenoxy) is 1. The van der Waals surface area contributed by atoms with Gasteiger partial charge in [0.2, 0.25) is 0 Å². The van der Waals surface area contributed by atoms with Crippen molar-refractivity contribution in [3.63, 3.8) is 0 Å². The van der Waals surface area contributed by atoms with Crippen molar-refractivity contribution in [1.82, 2.24) is 0 Å². The van der Waals surface area contributed by atoms with Crippen LogP contribution in [0.4, 0.5) is 5.69 Å². The van der Waals surface area contributed by atoms with Crippen LogP contribution in [0.25, 0.3) is 0 Å². The number of thioether (sulfide) groups is 1. The van der Waals surface area contributed by atoms with E-state index in [0.717, 1.165) is 16.9 Å². The van der Waals surface area contributed by atoms with Crippen molar-refractivity contribution in [2.45, 2.75) is 45.1 Å². The molecule has 2 aromatic rings. The standard InChI is InChI=1S/C21H25NO3S/c1-5-17-7-9-18(10-8-17)22-21(24)16(4)25-20(23)13-26-19-11-6-14(2)12-15(19)3/h6-12,16H,5,13H2,1-4H3,(H,22,24)/t16-/m1/s1. The molecular formula is C21H25NO3S. The van der Waals surface area contributed by atoms with E-state index in [-0.39, 0.29) is 11.7 Å². The number of carbonyl (C=O) groups excluding carboxylic acids is 2. The van der Waals surface area contributed by atoms with Crippen molar-refractivity contribution in [2.24, 2.45) is 0 Å². The van der Waals surface area contributed by atoms with Crippen LogP contribution in [-0.2, 0) is 20.7 Å². The number of benzene rings is 2. The quantitative estimate of drug-likeness (QED) is 0.574. The summed E-state index contributed by atoms with van der Waals surface area (Å²) in [5, 5.41) is 2.76. The summed E-state index contributed by atoms with van der Waals surface area (Å²) in [6, 6.07) is 13.7. The third-order valence-corrected chi connectivity index (χ3v) is 5.13. The van der Waals surface area contributed by atoms with Gasteiger partial charge in [0, 0.05) is 10.6 Å². The minimum atomic E-state index is -0.840. The van der Waals surface area contributed by atoms with E-state index in [4.69, 9.17) is 4.74 Å². The summed E-state index contributed by atoms with van der Waals surface area (Å²) in [5.41, 5.74) is 4.21. The lowest BCUT2D eigenvalue weighted by atomic mass is 10.1. The normalized spacial score (nSPS) is 11.7. The summed E-state index contributed by atoms with van der Waals surface area (Å²) in [7, 11) is 0. The Hall–Kier alpha value is -2.27. The molecule has 0 spiro atoms. The van der Waals surface area contributed by atoms with Crippen LogP contribution < -0.4 is 5.32 Å². The average Bonchev–Trinajstić information content (AvgIpc) is 2.61. The fourth-order valence-electron chi connectivity index (χ4n) is 2.45. The zero-order valence-electron chi connectivity index (χ0n) is 15.7. The van der Waals surface area contributed by atoms with Gasteiger partial charge in [-0.2, -0.15) is 0 Å². The lowest BCUT2D eigenvalue weighted by molar-refractivity contribution is -0.150. The Labute approximate surface area is 159 Å². The van der Waals surface area contributed by atoms with Gasteiger partial charge in [0.15, 0.2) is 6.10 Å². The maximum Gasteiger partial charge on any atom is 0.317 e. The highest BCUT2D eigenvalue weighted by Crippen LogP contribution is 2.23. The Morgan fingerprint density at radius 2 is 1.81 bits per heavy atom. The van der Waals surface area contributed by atoms with Crippen LogP contribution >= 0.6 is 11.8 Å². The molecule has 0 saturated carbocycles. The molecule has 0 aliphatic heterocycles. The molecule has 0 heterocycles. The molecule has 0 unspecified atom stereocenters. The van der Waals surface area contributed by atoms with Gasteiger partial charge < -0.3 is 10.1 Å². The summed E-state index contributed by atoms with van der Waals surface area (Å²) in [5.74, 6) is -0.565. The van der Waals surface area contributed by atoms with Gasteiger partial charge in [-0.15, -0.1) is 11.8 Å². The summed E-state index contributed by atoms with van der Waals surface area (Å²) in [4.78, 5) is 25.2. The van der Waals surface area contributed by atoms with Gasteiger partial charge in [0.1, 0.15) is 0 Å². The van der Waals surface area contributed by atoms with E-state index < -0.39 is 12.1 Å². The number of hydrogen-bond donors (Lipinski definition) is 1. The third-order valence-electron chi connectivity index (χ3n) is 3.98. The smallest absolute Gasteiger partial charge is 0.317 e. The molecule has 138 valence electrons. The molecule has 2 rings (SSSR count). The molecule has 26 heavy (non-hydrogen) atoms. The number of carbonyl (C=O) groups is 2. The Balaban J connectivity index is 1.82. The number of esters is 1. The van der Waals surface area contributed by atoms with Crippen LogP contribution in [0.1, 0.15) is 30.5 Å². The number of amides is 1. The molecule has 1 amide bonds. The molecule has 0 aliphatic rings. The molecule has 4 nitrogen and oxygen atoms in total. The minimum Gasteiger partial charge on any atom is -0.452 e. The SMILES string of the molecule is CCc1ccc(NC(=O)[C@@H](C)OC(=O)CSc2ccc(C)cc2C)cc1. The van der Waals surface area contributed by atoms with Crippen molar-refractivity contribution in [3.8, 4) is 0 Å². The predicted molar refractivity (Wildman–Crippen MR) is 107 cm³/mol. The molecule has 2 aromatic carbocycles. The third kappa shape index (κ3) is 5.92. The van der Waals surface area contributed by atoms with Crippen LogP contribution in [0.3, 0.4) is 0 Å². The van der Waals surface area contributed by atoms with E-state index in [2.05, 4.69) is 18.3 Å². The van der Waals surface area contributed by atoms with Crippen molar-refractivity contribution in [1.29, 1.82) is 0 Å². The molecular weight excluding hydrogens is 346 g/mol. The molecule has 0 aromatic heterocycles. The second-order valence-corrected chi connectivity index (χ2v) is 7.25. The topological polar surface area (TPSA) is 55.4 Å². The first-order valence-electron chi connectivity index (χ1n) is 8.68. The molecule has 0 bridgehead atoms. The molecule has 0 fully saturated rings. The van der Waals surface area contributed by atoms with Crippen molar-refractivity contribution in [2.75, 3.05) is 11.1 Å². The second-order valence-electron chi connectivity index (χ2n) is 6.23. The van der Waals surface area contributed by atoms with Crippen molar-refractivity contribution in [3.05, 3.63) is 59.2 Å². The number of rotatable bonds is 7. The Kier molecular flexibility index (Phi) is 7.27. The van der Waals surface area contributed by atoms with Gasteiger partial charge in [0.05, 0.1) is 5.75 Å². The zero-order chi connectivity index (χ0) is 19.1. The molecule has 0 radical (unpaired) electrons. The van der Waals surface area contributed by atoms with Gasteiger partial charge in [0.25, 0.3) is 5.91 Å². The fraction of sp³-hybridized carbons (Fsp3) is 0.333. The first-order chi connectivity index (χ1) is 12.4. The maximum absolute atomic E-state index is 12.2. The second kappa shape index (κ2) is 9.43. The highest BCUT2D eigenvalue weighted by atomic mass is 32.2. The van der Waals surface area contributed by atoms with Crippen LogP contribution in [0.2, 0.25) is 0 Å². The van der Waals surface area contributed by atoms with Crippen LogP contribution in [-0.4, -0.2) is 23.7 Å². The van der Waals surface area contributed by atoms with Crippen LogP contribution in [0.5, 0.6) is 0 Å². The van der Waals surface area contributed by atoms with E-state index >= 15 is 0 Å². The summed E-state index contributed by atoms with van der Waals surface area (Å²) in [6.07, 6.45) is 0.105. The molecule has 0 saturated heterocycles. The van der Waals surface area contributed by atoms with Gasteiger partial charge in [-0.1, -0.05) is 36.8 Å². The minimum absolute atomic E-state index is 0.173. The van der Waals surface area contributed by atoms with E-state index in [1.165, 1.54) is 22.9 Å². The number of nitrogens with one attached hydrogen (secondary N) is 1. The zero-order valence-corrected chi connectivity index (χ0v) is 16.5. The van der Waals surface area contributed by atoms with Crippen molar-refractivity contribution >= 4 is 29.3 Å². The van der Waals surface area contributed by atoms with E-state index in [9.17, 15) is 9.59 Å².